The second kappa shape index (κ2) is 7.53. The molecule has 1 heterocycles. The molecule has 2 unspecified atom stereocenters. The van der Waals surface area contributed by atoms with Crippen molar-refractivity contribution in [2.75, 3.05) is 18.8 Å². The Morgan fingerprint density at radius 2 is 2.16 bits per heavy atom. The average Bonchev–Trinajstić information content (AvgIpc) is 2.89. The smallest absolute Gasteiger partial charge is 0.332 e. The molecule has 19 heavy (non-hydrogen) atoms. The number of hydrogen-bond acceptors (Lipinski definition) is 4. The summed E-state index contributed by atoms with van der Waals surface area (Å²) in [5.74, 6) is 0.154. The third-order valence-corrected chi connectivity index (χ3v) is 4.06. The van der Waals surface area contributed by atoms with Gasteiger partial charge in [-0.15, -0.1) is 11.8 Å². The molecule has 1 aliphatic rings. The van der Waals surface area contributed by atoms with Gasteiger partial charge in [0.15, 0.2) is 6.10 Å². The van der Waals surface area contributed by atoms with Gasteiger partial charge in [-0.2, -0.15) is 0 Å². The van der Waals surface area contributed by atoms with Crippen LogP contribution >= 0.6 is 11.8 Å². The number of benzene rings is 1. The molecule has 0 spiro atoms. The van der Waals surface area contributed by atoms with Crippen molar-refractivity contribution < 1.29 is 14.6 Å². The minimum atomic E-state index is -0.845. The topological polar surface area (TPSA) is 58.6 Å². The van der Waals surface area contributed by atoms with Crippen molar-refractivity contribution in [2.24, 2.45) is 0 Å². The number of aliphatic carboxylic acids is 1. The Labute approximate surface area is 117 Å². The highest BCUT2D eigenvalue weighted by Crippen LogP contribution is 2.19. The number of ether oxygens (including phenoxy) is 1. The van der Waals surface area contributed by atoms with E-state index in [0.29, 0.717) is 6.42 Å². The predicted molar refractivity (Wildman–Crippen MR) is 75.6 cm³/mol. The van der Waals surface area contributed by atoms with Crippen LogP contribution in [0, 0.1) is 0 Å². The van der Waals surface area contributed by atoms with Crippen LogP contribution in [0.1, 0.15) is 12.8 Å². The van der Waals surface area contributed by atoms with Gasteiger partial charge in [-0.05, 0) is 25.0 Å². The average molecular weight is 281 g/mol. The molecule has 0 saturated carbocycles. The van der Waals surface area contributed by atoms with Crippen LogP contribution < -0.4 is 5.32 Å². The second-order valence-corrected chi connectivity index (χ2v) is 5.70. The first-order valence-electron chi connectivity index (χ1n) is 6.52. The number of hydrogen-bond donors (Lipinski definition) is 2. The molecule has 5 heteroatoms. The lowest BCUT2D eigenvalue weighted by molar-refractivity contribution is -0.149. The van der Waals surface area contributed by atoms with E-state index in [0.717, 1.165) is 25.3 Å². The number of rotatable bonds is 7. The molecule has 0 amide bonds. The summed E-state index contributed by atoms with van der Waals surface area (Å²) in [7, 11) is 0. The first kappa shape index (κ1) is 14.4. The van der Waals surface area contributed by atoms with Gasteiger partial charge in [0.1, 0.15) is 0 Å². The van der Waals surface area contributed by atoms with Crippen LogP contribution in [0.2, 0.25) is 0 Å². The Morgan fingerprint density at radius 3 is 2.84 bits per heavy atom. The Morgan fingerprint density at radius 1 is 1.37 bits per heavy atom. The van der Waals surface area contributed by atoms with E-state index in [9.17, 15) is 4.79 Å². The Kier molecular flexibility index (Phi) is 5.69. The van der Waals surface area contributed by atoms with Crippen molar-refractivity contribution in [1.29, 1.82) is 0 Å². The maximum atomic E-state index is 10.7. The van der Waals surface area contributed by atoms with Crippen molar-refractivity contribution in [2.45, 2.75) is 29.9 Å². The van der Waals surface area contributed by atoms with E-state index in [1.165, 1.54) is 4.90 Å². The summed E-state index contributed by atoms with van der Waals surface area (Å²) in [4.78, 5) is 12.0. The SMILES string of the molecule is O=C(O)C1CCC(CNCCSc2ccccc2)O1. The molecule has 2 N–H and O–H groups in total. The van der Waals surface area contributed by atoms with E-state index >= 15 is 0 Å². The molecule has 1 saturated heterocycles. The van der Waals surface area contributed by atoms with E-state index in [-0.39, 0.29) is 6.10 Å². The molecular weight excluding hydrogens is 262 g/mol. The molecule has 1 aromatic rings. The lowest BCUT2D eigenvalue weighted by Crippen LogP contribution is -2.30. The van der Waals surface area contributed by atoms with Crippen molar-refractivity contribution in [3.05, 3.63) is 30.3 Å². The van der Waals surface area contributed by atoms with Crippen LogP contribution in [0.15, 0.2) is 35.2 Å². The number of carboxylic acids is 1. The van der Waals surface area contributed by atoms with Crippen molar-refractivity contribution in [1.82, 2.24) is 5.32 Å². The molecular formula is C14H19NO3S. The van der Waals surface area contributed by atoms with Gasteiger partial charge in [-0.1, -0.05) is 18.2 Å². The van der Waals surface area contributed by atoms with E-state index in [2.05, 4.69) is 17.4 Å². The standard InChI is InChI=1S/C14H19NO3S/c16-14(17)13-7-6-11(18-13)10-15-8-9-19-12-4-2-1-3-5-12/h1-5,11,13,15H,6-10H2,(H,16,17). The summed E-state index contributed by atoms with van der Waals surface area (Å²) >= 11 is 1.81. The second-order valence-electron chi connectivity index (χ2n) is 4.53. The van der Waals surface area contributed by atoms with Crippen molar-refractivity contribution >= 4 is 17.7 Å². The molecule has 0 aliphatic carbocycles. The van der Waals surface area contributed by atoms with Crippen LogP contribution in [0.25, 0.3) is 0 Å². The highest BCUT2D eigenvalue weighted by molar-refractivity contribution is 7.99. The lowest BCUT2D eigenvalue weighted by atomic mass is 10.2. The summed E-state index contributed by atoms with van der Waals surface area (Å²) in [6.07, 6.45) is 0.893. The number of thioether (sulfide) groups is 1. The largest absolute Gasteiger partial charge is 0.479 e. The normalized spacial score (nSPS) is 22.5. The Balaban J connectivity index is 1.54. The fraction of sp³-hybridized carbons (Fsp3) is 0.500. The molecule has 4 nitrogen and oxygen atoms in total. The fourth-order valence-electron chi connectivity index (χ4n) is 2.06. The van der Waals surface area contributed by atoms with E-state index in [1.54, 1.807) is 0 Å². The van der Waals surface area contributed by atoms with Crippen LogP contribution in [0.5, 0.6) is 0 Å². The molecule has 0 radical (unpaired) electrons. The van der Waals surface area contributed by atoms with Crippen molar-refractivity contribution in [3.63, 3.8) is 0 Å². The first-order valence-corrected chi connectivity index (χ1v) is 7.51. The number of carbonyl (C=O) groups is 1. The third kappa shape index (κ3) is 4.86. The zero-order valence-electron chi connectivity index (χ0n) is 10.7. The fourth-order valence-corrected chi connectivity index (χ4v) is 2.89. The molecule has 1 aromatic carbocycles. The van der Waals surface area contributed by atoms with E-state index < -0.39 is 12.1 Å². The van der Waals surface area contributed by atoms with Gasteiger partial charge in [0, 0.05) is 23.7 Å². The van der Waals surface area contributed by atoms with Crippen LogP contribution in [-0.2, 0) is 9.53 Å². The lowest BCUT2D eigenvalue weighted by Gasteiger charge is -2.12. The summed E-state index contributed by atoms with van der Waals surface area (Å²) in [5, 5.41) is 12.1. The quantitative estimate of drug-likeness (QED) is 0.591. The van der Waals surface area contributed by atoms with Gasteiger partial charge in [0.05, 0.1) is 6.10 Å². The summed E-state index contributed by atoms with van der Waals surface area (Å²) in [5.41, 5.74) is 0. The zero-order valence-corrected chi connectivity index (χ0v) is 11.6. The Bertz CT molecular complexity index is 399. The highest BCUT2D eigenvalue weighted by Gasteiger charge is 2.29. The molecule has 0 aromatic heterocycles. The van der Waals surface area contributed by atoms with Crippen LogP contribution in [0.4, 0.5) is 0 Å². The maximum Gasteiger partial charge on any atom is 0.332 e. The van der Waals surface area contributed by atoms with Gasteiger partial charge in [-0.3, -0.25) is 0 Å². The molecule has 1 aliphatic heterocycles. The predicted octanol–water partition coefficient (Wildman–Crippen LogP) is 2.00. The zero-order chi connectivity index (χ0) is 13.5. The minimum Gasteiger partial charge on any atom is -0.479 e. The summed E-state index contributed by atoms with van der Waals surface area (Å²) in [6.45, 7) is 1.64. The Hall–Kier alpha value is -1.04. The van der Waals surface area contributed by atoms with Gasteiger partial charge in [0.2, 0.25) is 0 Å². The maximum absolute atomic E-state index is 10.7. The van der Waals surface area contributed by atoms with E-state index in [1.807, 2.05) is 30.0 Å². The molecule has 1 fully saturated rings. The minimum absolute atomic E-state index is 0.0443. The van der Waals surface area contributed by atoms with Crippen LogP contribution in [-0.4, -0.2) is 42.1 Å². The molecule has 0 bridgehead atoms. The van der Waals surface area contributed by atoms with E-state index in [4.69, 9.17) is 9.84 Å². The molecule has 104 valence electrons. The highest BCUT2D eigenvalue weighted by atomic mass is 32.2. The monoisotopic (exact) mass is 281 g/mol. The van der Waals surface area contributed by atoms with Gasteiger partial charge in [0.25, 0.3) is 0 Å². The summed E-state index contributed by atoms with van der Waals surface area (Å²) < 4.78 is 5.42. The van der Waals surface area contributed by atoms with Gasteiger partial charge >= 0.3 is 5.97 Å². The first-order chi connectivity index (χ1) is 9.25. The van der Waals surface area contributed by atoms with Gasteiger partial charge < -0.3 is 15.2 Å². The summed E-state index contributed by atoms with van der Waals surface area (Å²) in [6, 6.07) is 10.3. The number of nitrogens with one attached hydrogen (secondary N) is 1. The number of carboxylic acid groups (broad SMARTS) is 1. The third-order valence-electron chi connectivity index (χ3n) is 3.05. The van der Waals surface area contributed by atoms with Crippen LogP contribution in [0.3, 0.4) is 0 Å². The molecule has 2 atom stereocenters. The van der Waals surface area contributed by atoms with Gasteiger partial charge in [-0.25, -0.2) is 4.79 Å². The molecule has 2 rings (SSSR count). The van der Waals surface area contributed by atoms with Crippen molar-refractivity contribution in [3.8, 4) is 0 Å².